The number of nitrogens with two attached hydrogens (primary N) is 1. The van der Waals surface area contributed by atoms with Gasteiger partial charge in [0.2, 0.25) is 0 Å². The van der Waals surface area contributed by atoms with E-state index in [9.17, 15) is 4.79 Å². The molecule has 0 rings (SSSR count). The largest absolute Gasteiger partial charge is 0.467 e. The molecule has 0 bridgehead atoms. The second kappa shape index (κ2) is 6.12. The van der Waals surface area contributed by atoms with Crippen LogP contribution in [-0.2, 0) is 14.4 Å². The van der Waals surface area contributed by atoms with Crippen molar-refractivity contribution in [2.75, 3.05) is 7.11 Å². The van der Waals surface area contributed by atoms with E-state index in [1.807, 2.05) is 6.92 Å². The zero-order valence-corrected chi connectivity index (χ0v) is 7.00. The maximum Gasteiger partial charge on any atom is 0.337 e. The quantitative estimate of drug-likeness (QED) is 0.474. The number of ether oxygens (including phenoxy) is 1. The van der Waals surface area contributed by atoms with Crippen molar-refractivity contribution in [3.8, 4) is 0 Å². The first-order valence-corrected chi connectivity index (χ1v) is 3.69. The summed E-state index contributed by atoms with van der Waals surface area (Å²) < 4.78 is 4.46. The van der Waals surface area contributed by atoms with Gasteiger partial charge in [-0.2, -0.15) is 0 Å². The van der Waals surface area contributed by atoms with E-state index < -0.39 is 12.1 Å². The highest BCUT2D eigenvalue weighted by molar-refractivity contribution is 5.74. The van der Waals surface area contributed by atoms with Gasteiger partial charge in [0.1, 0.15) is 0 Å². The first kappa shape index (κ1) is 10.4. The highest BCUT2D eigenvalue weighted by Crippen LogP contribution is 2.03. The molecule has 0 aromatic carbocycles. The summed E-state index contributed by atoms with van der Waals surface area (Å²) in [6, 6.07) is 0. The van der Waals surface area contributed by atoms with Crippen LogP contribution < -0.4 is 5.90 Å². The van der Waals surface area contributed by atoms with Gasteiger partial charge in [-0.3, -0.25) is 4.84 Å². The molecule has 0 heterocycles. The number of hydrogen-bond acceptors (Lipinski definition) is 4. The number of carbonyl (C=O) groups is 1. The molecule has 0 saturated heterocycles. The summed E-state index contributed by atoms with van der Waals surface area (Å²) in [6.45, 7) is 2.03. The van der Waals surface area contributed by atoms with Crippen LogP contribution >= 0.6 is 0 Å². The van der Waals surface area contributed by atoms with E-state index in [0.717, 1.165) is 12.8 Å². The molecule has 1 atom stereocenters. The smallest absolute Gasteiger partial charge is 0.337 e. The average molecular weight is 161 g/mol. The Morgan fingerprint density at radius 3 is 2.64 bits per heavy atom. The minimum absolute atomic E-state index is 0.402. The van der Waals surface area contributed by atoms with Gasteiger partial charge in [0.15, 0.2) is 6.10 Å². The summed E-state index contributed by atoms with van der Waals surface area (Å²) >= 11 is 0. The molecule has 4 heteroatoms. The standard InChI is InChI=1S/C7H15NO3/c1-3-4-5-6(11-8)7(9)10-2/h6H,3-5,8H2,1-2H3. The Morgan fingerprint density at radius 1 is 1.64 bits per heavy atom. The van der Waals surface area contributed by atoms with E-state index in [2.05, 4.69) is 9.57 Å². The first-order chi connectivity index (χ1) is 5.26. The lowest BCUT2D eigenvalue weighted by molar-refractivity contribution is -0.155. The third-order valence-corrected chi connectivity index (χ3v) is 1.45. The Morgan fingerprint density at radius 2 is 2.27 bits per heavy atom. The van der Waals surface area contributed by atoms with E-state index in [-0.39, 0.29) is 0 Å². The SMILES string of the molecule is CCCCC(ON)C(=O)OC. The van der Waals surface area contributed by atoms with Gasteiger partial charge in [-0.1, -0.05) is 19.8 Å². The minimum atomic E-state index is -0.597. The molecule has 0 radical (unpaired) electrons. The van der Waals surface area contributed by atoms with Crippen molar-refractivity contribution in [2.45, 2.75) is 32.3 Å². The molecule has 0 aliphatic carbocycles. The van der Waals surface area contributed by atoms with Crippen molar-refractivity contribution in [3.63, 3.8) is 0 Å². The summed E-state index contributed by atoms with van der Waals surface area (Å²) in [6.07, 6.45) is 1.95. The molecular weight excluding hydrogens is 146 g/mol. The average Bonchev–Trinajstić information content (AvgIpc) is 2.05. The van der Waals surface area contributed by atoms with Crippen molar-refractivity contribution in [2.24, 2.45) is 5.90 Å². The third kappa shape index (κ3) is 3.95. The van der Waals surface area contributed by atoms with E-state index in [0.29, 0.717) is 6.42 Å². The fraction of sp³-hybridized carbons (Fsp3) is 0.857. The number of methoxy groups -OCH3 is 1. The molecule has 66 valence electrons. The van der Waals surface area contributed by atoms with Crippen LogP contribution in [0.1, 0.15) is 26.2 Å². The lowest BCUT2D eigenvalue weighted by Crippen LogP contribution is -2.28. The fourth-order valence-electron chi connectivity index (χ4n) is 0.762. The van der Waals surface area contributed by atoms with Crippen LogP contribution in [0.25, 0.3) is 0 Å². The monoisotopic (exact) mass is 161 g/mol. The van der Waals surface area contributed by atoms with Crippen LogP contribution in [0.15, 0.2) is 0 Å². The summed E-state index contributed by atoms with van der Waals surface area (Å²) in [7, 11) is 1.32. The normalized spacial score (nSPS) is 12.6. The number of unbranched alkanes of at least 4 members (excludes halogenated alkanes) is 1. The number of carbonyl (C=O) groups excluding carboxylic acids is 1. The molecule has 0 aliphatic heterocycles. The molecule has 0 aromatic rings. The molecule has 0 saturated carbocycles. The topological polar surface area (TPSA) is 61.5 Å². The second-order valence-electron chi connectivity index (χ2n) is 2.29. The summed E-state index contributed by atoms with van der Waals surface area (Å²) in [5, 5.41) is 0. The van der Waals surface area contributed by atoms with Crippen molar-refractivity contribution in [3.05, 3.63) is 0 Å². The Bertz CT molecular complexity index is 116. The number of esters is 1. The van der Waals surface area contributed by atoms with Crippen LogP contribution in [0, 0.1) is 0 Å². The first-order valence-electron chi connectivity index (χ1n) is 3.69. The van der Waals surface area contributed by atoms with Crippen molar-refractivity contribution in [1.29, 1.82) is 0 Å². The fourth-order valence-corrected chi connectivity index (χ4v) is 0.762. The van der Waals surface area contributed by atoms with Gasteiger partial charge in [-0.05, 0) is 6.42 Å². The molecule has 4 nitrogen and oxygen atoms in total. The van der Waals surface area contributed by atoms with Crippen molar-refractivity contribution < 1.29 is 14.4 Å². The van der Waals surface area contributed by atoms with Crippen LogP contribution in [0.3, 0.4) is 0 Å². The van der Waals surface area contributed by atoms with Gasteiger partial charge in [0.25, 0.3) is 0 Å². The highest BCUT2D eigenvalue weighted by atomic mass is 16.6. The molecule has 0 fully saturated rings. The molecule has 0 aliphatic rings. The number of rotatable bonds is 5. The zero-order valence-electron chi connectivity index (χ0n) is 7.00. The predicted octanol–water partition coefficient (Wildman–Crippen LogP) is 0.608. The van der Waals surface area contributed by atoms with Crippen LogP contribution in [0.2, 0.25) is 0 Å². The Kier molecular flexibility index (Phi) is 5.78. The van der Waals surface area contributed by atoms with Crippen molar-refractivity contribution in [1.82, 2.24) is 0 Å². The van der Waals surface area contributed by atoms with Crippen molar-refractivity contribution >= 4 is 5.97 Å². The molecule has 2 N–H and O–H groups in total. The van der Waals surface area contributed by atoms with Gasteiger partial charge in [0.05, 0.1) is 7.11 Å². The van der Waals surface area contributed by atoms with Gasteiger partial charge in [-0.25, -0.2) is 10.7 Å². The summed E-state index contributed by atoms with van der Waals surface area (Å²) in [4.78, 5) is 15.3. The molecule has 0 amide bonds. The molecular formula is C7H15NO3. The van der Waals surface area contributed by atoms with Crippen LogP contribution in [-0.4, -0.2) is 19.2 Å². The van der Waals surface area contributed by atoms with Crippen LogP contribution in [0.5, 0.6) is 0 Å². The van der Waals surface area contributed by atoms with Gasteiger partial charge in [0, 0.05) is 0 Å². The Hall–Kier alpha value is -0.610. The maximum absolute atomic E-state index is 10.8. The van der Waals surface area contributed by atoms with E-state index in [4.69, 9.17) is 5.90 Å². The third-order valence-electron chi connectivity index (χ3n) is 1.45. The second-order valence-corrected chi connectivity index (χ2v) is 2.29. The lowest BCUT2D eigenvalue weighted by atomic mass is 10.2. The lowest BCUT2D eigenvalue weighted by Gasteiger charge is -2.10. The number of hydrogen-bond donors (Lipinski definition) is 1. The van der Waals surface area contributed by atoms with Gasteiger partial charge < -0.3 is 4.74 Å². The van der Waals surface area contributed by atoms with E-state index >= 15 is 0 Å². The van der Waals surface area contributed by atoms with E-state index in [1.165, 1.54) is 7.11 Å². The minimum Gasteiger partial charge on any atom is -0.467 e. The van der Waals surface area contributed by atoms with Crippen LogP contribution in [0.4, 0.5) is 0 Å². The molecule has 0 aromatic heterocycles. The molecule has 0 spiro atoms. The summed E-state index contributed by atoms with van der Waals surface area (Å²) in [5.41, 5.74) is 0. The predicted molar refractivity (Wildman–Crippen MR) is 40.6 cm³/mol. The maximum atomic E-state index is 10.8. The van der Waals surface area contributed by atoms with Gasteiger partial charge in [-0.15, -0.1) is 0 Å². The Labute approximate surface area is 66.6 Å². The zero-order chi connectivity index (χ0) is 8.69. The van der Waals surface area contributed by atoms with Gasteiger partial charge >= 0.3 is 5.97 Å². The molecule has 1 unspecified atom stereocenters. The van der Waals surface area contributed by atoms with E-state index in [1.54, 1.807) is 0 Å². The highest BCUT2D eigenvalue weighted by Gasteiger charge is 2.17. The summed E-state index contributed by atoms with van der Waals surface area (Å²) in [5.74, 6) is 4.49. The Balaban J connectivity index is 3.65. The molecule has 11 heavy (non-hydrogen) atoms.